The zero-order valence-corrected chi connectivity index (χ0v) is 7.70. The van der Waals surface area contributed by atoms with Crippen molar-refractivity contribution in [3.63, 3.8) is 0 Å². The Morgan fingerprint density at radius 3 is 3.08 bits per heavy atom. The first kappa shape index (κ1) is 9.57. The van der Waals surface area contributed by atoms with Gasteiger partial charge in [0.15, 0.2) is 0 Å². The predicted molar refractivity (Wildman–Crippen MR) is 47.5 cm³/mol. The summed E-state index contributed by atoms with van der Waals surface area (Å²) in [5.41, 5.74) is 0. The molecule has 1 aromatic rings. The number of hydrogen-bond donors (Lipinski definition) is 2. The summed E-state index contributed by atoms with van der Waals surface area (Å²) in [5.74, 6) is 0.407. The van der Waals surface area contributed by atoms with Crippen LogP contribution in [0.25, 0.3) is 0 Å². The average Bonchev–Trinajstić information content (AvgIpc) is 2.53. The van der Waals surface area contributed by atoms with Gasteiger partial charge in [-0.2, -0.15) is 0 Å². The van der Waals surface area contributed by atoms with Gasteiger partial charge in [-0.15, -0.1) is 0 Å². The summed E-state index contributed by atoms with van der Waals surface area (Å²) in [7, 11) is 0. The third-order valence-corrected chi connectivity index (χ3v) is 1.32. The van der Waals surface area contributed by atoms with E-state index in [0.717, 1.165) is 0 Å². The van der Waals surface area contributed by atoms with Crippen molar-refractivity contribution in [2.75, 3.05) is 6.54 Å². The van der Waals surface area contributed by atoms with E-state index in [2.05, 4.69) is 15.3 Å². The fourth-order valence-corrected chi connectivity index (χ4v) is 0.718. The number of carbonyl (C=O) groups excluding carboxylic acids is 1. The highest BCUT2D eigenvalue weighted by Crippen LogP contribution is 1.98. The molecule has 5 heteroatoms. The van der Waals surface area contributed by atoms with Crippen LogP contribution in [0.5, 0.6) is 6.01 Å². The summed E-state index contributed by atoms with van der Waals surface area (Å²) in [6, 6.07) is 0.209. The standard InChI is InChI=1S/C8H13N3O2/c1-6(2)5-11-8(12)13-7-9-3-4-10-7/h3-4,6H,5H2,1-2H3,(H,9,10)(H,11,12). The van der Waals surface area contributed by atoms with Gasteiger partial charge in [-0.25, -0.2) is 9.78 Å². The number of nitrogens with one attached hydrogen (secondary N) is 2. The highest BCUT2D eigenvalue weighted by atomic mass is 16.6. The molecule has 0 aromatic carbocycles. The molecule has 0 unspecified atom stereocenters. The number of imidazole rings is 1. The fourth-order valence-electron chi connectivity index (χ4n) is 0.718. The summed E-state index contributed by atoms with van der Waals surface area (Å²) in [5, 5.41) is 2.60. The van der Waals surface area contributed by atoms with Gasteiger partial charge < -0.3 is 15.0 Å². The van der Waals surface area contributed by atoms with Crippen LogP contribution in [0, 0.1) is 5.92 Å². The summed E-state index contributed by atoms with van der Waals surface area (Å²) in [6.07, 6.45) is 2.62. The maximum Gasteiger partial charge on any atom is 0.415 e. The van der Waals surface area contributed by atoms with Crippen molar-refractivity contribution in [2.45, 2.75) is 13.8 Å². The van der Waals surface area contributed by atoms with Crippen LogP contribution in [-0.2, 0) is 0 Å². The topological polar surface area (TPSA) is 67.0 Å². The second-order valence-electron chi connectivity index (χ2n) is 3.06. The Morgan fingerprint density at radius 1 is 1.77 bits per heavy atom. The highest BCUT2D eigenvalue weighted by molar-refractivity contribution is 5.69. The summed E-state index contributed by atoms with van der Waals surface area (Å²) in [6.45, 7) is 4.61. The summed E-state index contributed by atoms with van der Waals surface area (Å²) < 4.78 is 4.79. The lowest BCUT2D eigenvalue weighted by atomic mass is 10.2. The van der Waals surface area contributed by atoms with Crippen molar-refractivity contribution in [1.82, 2.24) is 15.3 Å². The number of rotatable bonds is 3. The minimum Gasteiger partial charge on any atom is -0.375 e. The van der Waals surface area contributed by atoms with Gasteiger partial charge in [0, 0.05) is 18.9 Å². The van der Waals surface area contributed by atoms with Crippen molar-refractivity contribution in [1.29, 1.82) is 0 Å². The lowest BCUT2D eigenvalue weighted by Crippen LogP contribution is -2.30. The molecule has 0 bridgehead atoms. The molecule has 0 spiro atoms. The number of H-pyrrole nitrogens is 1. The van der Waals surface area contributed by atoms with Crippen LogP contribution >= 0.6 is 0 Å². The van der Waals surface area contributed by atoms with Gasteiger partial charge >= 0.3 is 12.1 Å². The van der Waals surface area contributed by atoms with Gasteiger partial charge in [-0.05, 0) is 5.92 Å². The molecule has 72 valence electrons. The van der Waals surface area contributed by atoms with Crippen LogP contribution in [0.4, 0.5) is 4.79 Å². The van der Waals surface area contributed by atoms with E-state index in [0.29, 0.717) is 12.5 Å². The Labute approximate surface area is 76.5 Å². The molecule has 0 saturated carbocycles. The minimum atomic E-state index is -0.483. The number of nitrogens with zero attached hydrogens (tertiary/aromatic N) is 1. The van der Waals surface area contributed by atoms with Gasteiger partial charge in [0.25, 0.3) is 0 Å². The largest absolute Gasteiger partial charge is 0.415 e. The quantitative estimate of drug-likeness (QED) is 0.738. The molecule has 2 N–H and O–H groups in total. The molecule has 0 atom stereocenters. The van der Waals surface area contributed by atoms with Crippen LogP contribution in [0.15, 0.2) is 12.4 Å². The smallest absolute Gasteiger partial charge is 0.375 e. The third kappa shape index (κ3) is 3.59. The minimum absolute atomic E-state index is 0.209. The first-order chi connectivity index (χ1) is 6.18. The fraction of sp³-hybridized carbons (Fsp3) is 0.500. The van der Waals surface area contributed by atoms with Crippen LogP contribution in [0.1, 0.15) is 13.8 Å². The number of hydrogen-bond acceptors (Lipinski definition) is 3. The number of ether oxygens (including phenoxy) is 1. The van der Waals surface area contributed by atoms with Crippen LogP contribution < -0.4 is 10.1 Å². The first-order valence-corrected chi connectivity index (χ1v) is 4.13. The molecule has 0 radical (unpaired) electrons. The SMILES string of the molecule is CC(C)CNC(=O)Oc1ncc[nH]1. The van der Waals surface area contributed by atoms with E-state index in [4.69, 9.17) is 4.74 Å². The lowest BCUT2D eigenvalue weighted by molar-refractivity contribution is 0.195. The molecule has 0 aliphatic rings. The van der Waals surface area contributed by atoms with Crippen molar-refractivity contribution >= 4 is 6.09 Å². The van der Waals surface area contributed by atoms with Crippen LogP contribution in [0.2, 0.25) is 0 Å². The van der Waals surface area contributed by atoms with Crippen molar-refractivity contribution in [3.05, 3.63) is 12.4 Å². The maximum atomic E-state index is 11.0. The van der Waals surface area contributed by atoms with Crippen LogP contribution in [0.3, 0.4) is 0 Å². The Balaban J connectivity index is 2.26. The van der Waals surface area contributed by atoms with Crippen molar-refractivity contribution < 1.29 is 9.53 Å². The second-order valence-corrected chi connectivity index (χ2v) is 3.06. The van der Waals surface area contributed by atoms with E-state index in [9.17, 15) is 4.79 Å². The van der Waals surface area contributed by atoms with Gasteiger partial charge in [0.2, 0.25) is 0 Å². The molecule has 0 saturated heterocycles. The zero-order chi connectivity index (χ0) is 9.68. The van der Waals surface area contributed by atoms with E-state index < -0.39 is 6.09 Å². The van der Waals surface area contributed by atoms with E-state index in [1.54, 1.807) is 6.20 Å². The Morgan fingerprint density at radius 2 is 2.54 bits per heavy atom. The Hall–Kier alpha value is -1.52. The predicted octanol–water partition coefficient (Wildman–Crippen LogP) is 1.15. The monoisotopic (exact) mass is 183 g/mol. The molecule has 1 amide bonds. The van der Waals surface area contributed by atoms with Gasteiger partial charge in [-0.3, -0.25) is 0 Å². The second kappa shape index (κ2) is 4.49. The van der Waals surface area contributed by atoms with Gasteiger partial charge in [0.05, 0.1) is 0 Å². The molecular formula is C8H13N3O2. The molecule has 0 fully saturated rings. The number of amides is 1. The summed E-state index contributed by atoms with van der Waals surface area (Å²) >= 11 is 0. The third-order valence-electron chi connectivity index (χ3n) is 1.32. The highest BCUT2D eigenvalue weighted by Gasteiger charge is 2.05. The van der Waals surface area contributed by atoms with E-state index in [-0.39, 0.29) is 6.01 Å². The van der Waals surface area contributed by atoms with E-state index in [1.807, 2.05) is 13.8 Å². The molecule has 0 aliphatic heterocycles. The van der Waals surface area contributed by atoms with Crippen molar-refractivity contribution in [2.24, 2.45) is 5.92 Å². The van der Waals surface area contributed by atoms with Gasteiger partial charge in [-0.1, -0.05) is 13.8 Å². The molecule has 13 heavy (non-hydrogen) atoms. The normalized spacial score (nSPS) is 10.1. The molecular weight excluding hydrogens is 170 g/mol. The molecule has 0 aliphatic carbocycles. The van der Waals surface area contributed by atoms with E-state index in [1.165, 1.54) is 6.20 Å². The molecule has 1 rings (SSSR count). The maximum absolute atomic E-state index is 11.0. The van der Waals surface area contributed by atoms with E-state index >= 15 is 0 Å². The number of aromatic amines is 1. The number of aromatic nitrogens is 2. The van der Waals surface area contributed by atoms with Crippen LogP contribution in [-0.4, -0.2) is 22.6 Å². The molecule has 5 nitrogen and oxygen atoms in total. The Kier molecular flexibility index (Phi) is 3.31. The summed E-state index contributed by atoms with van der Waals surface area (Å²) in [4.78, 5) is 17.4. The van der Waals surface area contributed by atoms with Gasteiger partial charge in [0.1, 0.15) is 0 Å². The molecule has 1 aromatic heterocycles. The zero-order valence-electron chi connectivity index (χ0n) is 7.70. The lowest BCUT2D eigenvalue weighted by Gasteiger charge is -2.05. The Bertz CT molecular complexity index is 256. The number of carbonyl (C=O) groups is 1. The average molecular weight is 183 g/mol. The first-order valence-electron chi connectivity index (χ1n) is 4.13. The van der Waals surface area contributed by atoms with Crippen molar-refractivity contribution in [3.8, 4) is 6.01 Å². The molecule has 1 heterocycles.